The molecule has 128 valence electrons. The van der Waals surface area contributed by atoms with Crippen molar-refractivity contribution in [1.29, 1.82) is 0 Å². The second-order valence-corrected chi connectivity index (χ2v) is 6.67. The summed E-state index contributed by atoms with van der Waals surface area (Å²) in [6, 6.07) is 0. The maximum Gasteiger partial charge on any atom is 0.506 e. The van der Waals surface area contributed by atoms with Crippen molar-refractivity contribution >= 4 is 6.16 Å². The first-order valence-corrected chi connectivity index (χ1v) is 8.81. The topological polar surface area (TPSA) is 65.0 Å². The molecule has 0 bridgehead atoms. The molecule has 1 aliphatic carbocycles. The summed E-state index contributed by atoms with van der Waals surface area (Å²) in [5.74, 6) is 1.33. The van der Waals surface area contributed by atoms with Crippen LogP contribution in [0.5, 0.6) is 0 Å². The number of carbonyl (C=O) groups is 1. The van der Waals surface area contributed by atoms with Gasteiger partial charge in [0.15, 0.2) is 12.4 Å². The fourth-order valence-corrected chi connectivity index (χ4v) is 3.59. The van der Waals surface area contributed by atoms with Crippen molar-refractivity contribution in [3.05, 3.63) is 0 Å². The maximum atomic E-state index is 10.5. The van der Waals surface area contributed by atoms with E-state index in [1.165, 1.54) is 44.9 Å². The summed E-state index contributed by atoms with van der Waals surface area (Å²) in [5.41, 5.74) is 0. The molecule has 0 spiro atoms. The Morgan fingerprint density at radius 1 is 1.09 bits per heavy atom. The van der Waals surface area contributed by atoms with E-state index in [-0.39, 0.29) is 6.29 Å². The molecule has 0 unspecified atom stereocenters. The van der Waals surface area contributed by atoms with E-state index in [1.807, 2.05) is 0 Å². The van der Waals surface area contributed by atoms with Crippen molar-refractivity contribution in [1.82, 2.24) is 0 Å². The van der Waals surface area contributed by atoms with Gasteiger partial charge in [-0.1, -0.05) is 39.0 Å². The third-order valence-corrected chi connectivity index (χ3v) is 4.90. The average Bonchev–Trinajstić information content (AvgIpc) is 2.52. The number of hydrogen-bond acceptors (Lipinski definition) is 4. The Bertz CT molecular complexity index is 317. The predicted molar refractivity (Wildman–Crippen MR) is 82.8 cm³/mol. The van der Waals surface area contributed by atoms with Crippen molar-refractivity contribution in [3.63, 3.8) is 0 Å². The number of carboxylic acid groups (broad SMARTS) is 1. The summed E-state index contributed by atoms with van der Waals surface area (Å²) in [6.45, 7) is 2.88. The van der Waals surface area contributed by atoms with E-state index in [4.69, 9.17) is 14.6 Å². The number of unbranched alkanes of at least 4 members (excludes halogenated alkanes) is 3. The van der Waals surface area contributed by atoms with Crippen LogP contribution in [0.4, 0.5) is 4.79 Å². The molecule has 0 radical (unpaired) electrons. The van der Waals surface area contributed by atoms with Gasteiger partial charge < -0.3 is 19.3 Å². The minimum Gasteiger partial charge on any atom is -0.450 e. The van der Waals surface area contributed by atoms with E-state index in [0.717, 1.165) is 18.8 Å². The molecule has 1 saturated carbocycles. The van der Waals surface area contributed by atoms with Crippen molar-refractivity contribution in [2.45, 2.75) is 77.1 Å². The zero-order chi connectivity index (χ0) is 15.8. The quantitative estimate of drug-likeness (QED) is 0.563. The van der Waals surface area contributed by atoms with Gasteiger partial charge >= 0.3 is 6.16 Å². The number of rotatable bonds is 7. The highest BCUT2D eigenvalue weighted by molar-refractivity contribution is 5.57. The molecule has 1 saturated heterocycles. The molecule has 5 heteroatoms. The van der Waals surface area contributed by atoms with Crippen LogP contribution in [-0.4, -0.2) is 36.9 Å². The molecule has 5 nitrogen and oxygen atoms in total. The van der Waals surface area contributed by atoms with Gasteiger partial charge in [-0.25, -0.2) is 4.79 Å². The molecule has 1 heterocycles. The number of hydrogen-bond donors (Lipinski definition) is 1. The van der Waals surface area contributed by atoms with Gasteiger partial charge in [0.25, 0.3) is 0 Å². The van der Waals surface area contributed by atoms with Crippen molar-refractivity contribution in [2.75, 3.05) is 13.2 Å². The van der Waals surface area contributed by atoms with Crippen LogP contribution >= 0.6 is 0 Å². The van der Waals surface area contributed by atoms with E-state index in [0.29, 0.717) is 19.1 Å². The molecule has 0 amide bonds. The van der Waals surface area contributed by atoms with E-state index >= 15 is 0 Å². The van der Waals surface area contributed by atoms with E-state index in [2.05, 4.69) is 11.7 Å². The monoisotopic (exact) mass is 314 g/mol. The van der Waals surface area contributed by atoms with Crippen LogP contribution in [0.15, 0.2) is 0 Å². The highest BCUT2D eigenvalue weighted by atomic mass is 16.7. The molecular weight excluding hydrogens is 284 g/mol. The lowest BCUT2D eigenvalue weighted by molar-refractivity contribution is -0.243. The van der Waals surface area contributed by atoms with Gasteiger partial charge in [-0.15, -0.1) is 0 Å². The Kier molecular flexibility index (Phi) is 7.46. The van der Waals surface area contributed by atoms with E-state index in [1.54, 1.807) is 0 Å². The predicted octanol–water partition coefficient (Wildman–Crippen LogP) is 4.20. The van der Waals surface area contributed by atoms with Crippen LogP contribution in [-0.2, 0) is 14.2 Å². The summed E-state index contributed by atoms with van der Waals surface area (Å²) in [6.07, 6.45) is 9.72. The zero-order valence-electron chi connectivity index (χ0n) is 13.7. The summed E-state index contributed by atoms with van der Waals surface area (Å²) < 4.78 is 16.0. The molecule has 1 aliphatic heterocycles. The molecule has 0 aromatic rings. The third kappa shape index (κ3) is 5.76. The van der Waals surface area contributed by atoms with E-state index < -0.39 is 12.3 Å². The van der Waals surface area contributed by atoms with Crippen LogP contribution < -0.4 is 0 Å². The summed E-state index contributed by atoms with van der Waals surface area (Å²) in [5, 5.41) is 8.58. The molecule has 0 aromatic carbocycles. The van der Waals surface area contributed by atoms with Gasteiger partial charge in [0.05, 0.1) is 13.2 Å². The maximum absolute atomic E-state index is 10.5. The molecule has 2 fully saturated rings. The van der Waals surface area contributed by atoms with Crippen LogP contribution in [0, 0.1) is 11.8 Å². The molecule has 0 aromatic heterocycles. The highest BCUT2D eigenvalue weighted by Crippen LogP contribution is 2.35. The second-order valence-electron chi connectivity index (χ2n) is 6.67. The second kappa shape index (κ2) is 9.36. The summed E-state index contributed by atoms with van der Waals surface area (Å²) >= 11 is 0. The highest BCUT2D eigenvalue weighted by Gasteiger charge is 2.33. The van der Waals surface area contributed by atoms with Gasteiger partial charge in [0.1, 0.15) is 0 Å². The van der Waals surface area contributed by atoms with Crippen LogP contribution in [0.3, 0.4) is 0 Å². The molecule has 0 atom stereocenters. The SMILES string of the molecule is CCCCCCC1CCC([C@H]2OC[C@H](OC(=O)O)CO2)CC1. The molecule has 22 heavy (non-hydrogen) atoms. The molecule has 2 aliphatic rings. The lowest BCUT2D eigenvalue weighted by atomic mass is 9.79. The average molecular weight is 314 g/mol. The Labute approximate surface area is 133 Å². The Hall–Kier alpha value is -0.810. The first-order valence-electron chi connectivity index (χ1n) is 8.81. The van der Waals surface area contributed by atoms with Gasteiger partial charge in [0.2, 0.25) is 0 Å². The van der Waals surface area contributed by atoms with Crippen molar-refractivity contribution in [3.8, 4) is 0 Å². The summed E-state index contributed by atoms with van der Waals surface area (Å²) in [7, 11) is 0. The first-order chi connectivity index (χ1) is 10.7. The zero-order valence-corrected chi connectivity index (χ0v) is 13.7. The Morgan fingerprint density at radius 2 is 1.77 bits per heavy atom. The first kappa shape index (κ1) is 17.5. The standard InChI is InChI=1S/C17H30O5/c1-2-3-4-5-6-13-7-9-14(10-8-13)16-20-11-15(12-21-16)22-17(18)19/h13-16H,2-12H2,1H3,(H,18,19)/t13?,14?,15-,16-. The minimum atomic E-state index is -1.26. The van der Waals surface area contributed by atoms with Gasteiger partial charge in [0, 0.05) is 5.92 Å². The molecule has 1 N–H and O–H groups in total. The van der Waals surface area contributed by atoms with Gasteiger partial charge in [-0.2, -0.15) is 0 Å². The van der Waals surface area contributed by atoms with Gasteiger partial charge in [-0.05, 0) is 31.6 Å². The van der Waals surface area contributed by atoms with Crippen LogP contribution in [0.1, 0.15) is 64.7 Å². The number of ether oxygens (including phenoxy) is 3. The van der Waals surface area contributed by atoms with Crippen LogP contribution in [0.25, 0.3) is 0 Å². The fourth-order valence-electron chi connectivity index (χ4n) is 3.59. The third-order valence-electron chi connectivity index (χ3n) is 4.90. The minimum absolute atomic E-state index is 0.172. The van der Waals surface area contributed by atoms with Crippen molar-refractivity contribution in [2.24, 2.45) is 11.8 Å². The molecular formula is C17H30O5. The van der Waals surface area contributed by atoms with Gasteiger partial charge in [-0.3, -0.25) is 0 Å². The fraction of sp³-hybridized carbons (Fsp3) is 0.941. The Balaban J connectivity index is 1.60. The summed E-state index contributed by atoms with van der Waals surface area (Å²) in [4.78, 5) is 10.5. The van der Waals surface area contributed by atoms with Crippen LogP contribution in [0.2, 0.25) is 0 Å². The van der Waals surface area contributed by atoms with E-state index in [9.17, 15) is 4.79 Å². The van der Waals surface area contributed by atoms with Crippen molar-refractivity contribution < 1.29 is 24.1 Å². The lowest BCUT2D eigenvalue weighted by Crippen LogP contribution is -2.42. The Morgan fingerprint density at radius 3 is 2.36 bits per heavy atom. The molecule has 2 rings (SSSR count). The largest absolute Gasteiger partial charge is 0.506 e. The lowest BCUT2D eigenvalue weighted by Gasteiger charge is -2.37. The normalized spacial score (nSPS) is 32.6. The smallest absolute Gasteiger partial charge is 0.450 e.